The molecule has 0 aliphatic carbocycles. The van der Waals surface area contributed by atoms with Gasteiger partial charge in [0, 0.05) is 6.92 Å². The maximum atomic E-state index is 12.9. The molecule has 0 saturated carbocycles. The summed E-state index contributed by atoms with van der Waals surface area (Å²) in [4.78, 5) is 30.0. The number of amides is 1. The van der Waals surface area contributed by atoms with Crippen molar-refractivity contribution in [2.45, 2.75) is 6.92 Å². The summed E-state index contributed by atoms with van der Waals surface area (Å²) in [6.07, 6.45) is 0. The van der Waals surface area contributed by atoms with Gasteiger partial charge < -0.3 is 5.32 Å². The molecule has 0 unspecified atom stereocenters. The van der Waals surface area contributed by atoms with Crippen molar-refractivity contribution in [2.24, 2.45) is 0 Å². The van der Waals surface area contributed by atoms with Gasteiger partial charge in [-0.05, 0) is 0 Å². The summed E-state index contributed by atoms with van der Waals surface area (Å²) < 4.78 is 12.9. The van der Waals surface area contributed by atoms with E-state index in [1.807, 2.05) is 5.32 Å². The quantitative estimate of drug-likeness (QED) is 0.639. The van der Waals surface area contributed by atoms with Crippen molar-refractivity contribution in [3.05, 3.63) is 38.2 Å². The van der Waals surface area contributed by atoms with Crippen molar-refractivity contribution in [3.8, 4) is 0 Å². The van der Waals surface area contributed by atoms with Gasteiger partial charge in [0.05, 0.1) is 22.0 Å². The molecule has 0 aliphatic heterocycles. The van der Waals surface area contributed by atoms with Gasteiger partial charge in [0.1, 0.15) is 5.82 Å². The summed E-state index contributed by atoms with van der Waals surface area (Å²) in [6.45, 7) is 1.02. The van der Waals surface area contributed by atoms with Crippen molar-refractivity contribution in [1.29, 1.82) is 0 Å². The number of hydrogen-bond donors (Lipinski definition) is 1. The minimum atomic E-state index is -1.13. The Kier molecular flexibility index (Phi) is 3.31. The summed E-state index contributed by atoms with van der Waals surface area (Å²) in [5, 5.41) is 23.1. The van der Waals surface area contributed by atoms with E-state index in [9.17, 15) is 29.4 Å². The van der Waals surface area contributed by atoms with E-state index in [-0.39, 0.29) is 0 Å². The van der Waals surface area contributed by atoms with Crippen LogP contribution in [0.1, 0.15) is 6.92 Å². The van der Waals surface area contributed by atoms with E-state index in [2.05, 4.69) is 0 Å². The first-order valence-corrected chi connectivity index (χ1v) is 4.23. The molecule has 0 saturated heterocycles. The third kappa shape index (κ3) is 2.71. The van der Waals surface area contributed by atoms with Crippen molar-refractivity contribution in [2.75, 3.05) is 5.32 Å². The summed E-state index contributed by atoms with van der Waals surface area (Å²) in [5.74, 6) is -1.86. The monoisotopic (exact) mass is 243 g/mol. The molecular weight excluding hydrogens is 237 g/mol. The molecule has 0 heterocycles. The minimum absolute atomic E-state index is 0.498. The first-order chi connectivity index (χ1) is 7.82. The van der Waals surface area contributed by atoms with Crippen molar-refractivity contribution in [1.82, 2.24) is 0 Å². The molecule has 0 aromatic heterocycles. The second-order valence-electron chi connectivity index (χ2n) is 3.01. The molecule has 8 nitrogen and oxygen atoms in total. The van der Waals surface area contributed by atoms with E-state index >= 15 is 0 Å². The minimum Gasteiger partial charge on any atom is -0.315 e. The van der Waals surface area contributed by atoms with Crippen LogP contribution in [0.3, 0.4) is 0 Å². The lowest BCUT2D eigenvalue weighted by atomic mass is 10.2. The van der Waals surface area contributed by atoms with Crippen molar-refractivity contribution >= 4 is 23.0 Å². The number of carbonyl (C=O) groups excluding carboxylic acids is 1. The fraction of sp³-hybridized carbons (Fsp3) is 0.125. The Morgan fingerprint density at radius 2 is 1.65 bits per heavy atom. The van der Waals surface area contributed by atoms with Crippen LogP contribution in [0.15, 0.2) is 12.1 Å². The largest absolute Gasteiger partial charge is 0.315 e. The normalized spacial score (nSPS) is 9.76. The predicted octanol–water partition coefficient (Wildman–Crippen LogP) is 1.60. The number of nitrogens with one attached hydrogen (secondary N) is 1. The molecule has 0 spiro atoms. The van der Waals surface area contributed by atoms with Crippen LogP contribution >= 0.6 is 0 Å². The lowest BCUT2D eigenvalue weighted by Crippen LogP contribution is -2.10. The topological polar surface area (TPSA) is 115 Å². The van der Waals surface area contributed by atoms with Gasteiger partial charge in [0.2, 0.25) is 5.91 Å². The molecule has 1 N–H and O–H groups in total. The summed E-state index contributed by atoms with van der Waals surface area (Å²) in [7, 11) is 0. The number of hydrogen-bond acceptors (Lipinski definition) is 5. The maximum Gasteiger partial charge on any atom is 0.302 e. The molecule has 1 aromatic carbocycles. The van der Waals surface area contributed by atoms with E-state index in [1.54, 1.807) is 0 Å². The second-order valence-corrected chi connectivity index (χ2v) is 3.01. The number of halogens is 1. The van der Waals surface area contributed by atoms with Crippen LogP contribution in [-0.4, -0.2) is 15.8 Å². The Bertz CT molecular complexity index is 481. The number of nitrogens with zero attached hydrogens (tertiary/aromatic N) is 2. The van der Waals surface area contributed by atoms with E-state index in [4.69, 9.17) is 0 Å². The highest BCUT2D eigenvalue weighted by atomic mass is 19.1. The number of rotatable bonds is 3. The molecule has 0 atom stereocenters. The fourth-order valence-electron chi connectivity index (χ4n) is 1.17. The SMILES string of the molecule is CC(=O)Nc1c([N+](=O)[O-])cc(F)cc1[N+](=O)[O-]. The van der Waals surface area contributed by atoms with Crippen LogP contribution in [0.4, 0.5) is 21.5 Å². The van der Waals surface area contributed by atoms with Gasteiger partial charge in [0.25, 0.3) is 0 Å². The highest BCUT2D eigenvalue weighted by Crippen LogP contribution is 2.35. The lowest BCUT2D eigenvalue weighted by molar-refractivity contribution is -0.392. The Morgan fingerprint density at radius 1 is 1.24 bits per heavy atom. The molecule has 0 bridgehead atoms. The van der Waals surface area contributed by atoms with E-state index in [0.717, 1.165) is 6.92 Å². The second kappa shape index (κ2) is 4.51. The summed E-state index contributed by atoms with van der Waals surface area (Å²) >= 11 is 0. The number of benzene rings is 1. The summed E-state index contributed by atoms with van der Waals surface area (Å²) in [6, 6.07) is 0.997. The molecule has 17 heavy (non-hydrogen) atoms. The molecule has 1 rings (SSSR count). The first kappa shape index (κ1) is 12.5. The van der Waals surface area contributed by atoms with Gasteiger partial charge >= 0.3 is 11.4 Å². The fourth-order valence-corrected chi connectivity index (χ4v) is 1.17. The van der Waals surface area contributed by atoms with Gasteiger partial charge in [-0.3, -0.25) is 25.0 Å². The molecule has 0 aliphatic rings. The van der Waals surface area contributed by atoms with Crippen LogP contribution < -0.4 is 5.32 Å². The van der Waals surface area contributed by atoms with Gasteiger partial charge in [-0.2, -0.15) is 0 Å². The van der Waals surface area contributed by atoms with E-state index in [0.29, 0.717) is 12.1 Å². The molecule has 0 fully saturated rings. The number of anilines is 1. The molecule has 9 heteroatoms. The molecule has 1 amide bonds. The zero-order chi connectivity index (χ0) is 13.2. The third-order valence-electron chi connectivity index (χ3n) is 1.76. The lowest BCUT2D eigenvalue weighted by Gasteiger charge is -2.04. The van der Waals surface area contributed by atoms with E-state index < -0.39 is 38.6 Å². The van der Waals surface area contributed by atoms with Crippen LogP contribution in [-0.2, 0) is 4.79 Å². The Morgan fingerprint density at radius 3 is 1.94 bits per heavy atom. The van der Waals surface area contributed by atoms with Crippen LogP contribution in [0.2, 0.25) is 0 Å². The van der Waals surface area contributed by atoms with E-state index in [1.165, 1.54) is 0 Å². The standard InChI is InChI=1S/C8H6FN3O5/c1-4(13)10-8-6(11(14)15)2-5(9)3-7(8)12(16)17/h2-3H,1H3,(H,10,13). The number of nitro groups is 2. The van der Waals surface area contributed by atoms with Crippen LogP contribution in [0.25, 0.3) is 0 Å². The number of nitro benzene ring substituents is 2. The van der Waals surface area contributed by atoms with Crippen LogP contribution in [0.5, 0.6) is 0 Å². The van der Waals surface area contributed by atoms with Gasteiger partial charge in [-0.1, -0.05) is 0 Å². The smallest absolute Gasteiger partial charge is 0.302 e. The third-order valence-corrected chi connectivity index (χ3v) is 1.76. The molecule has 90 valence electrons. The molecule has 0 radical (unpaired) electrons. The molecular formula is C8H6FN3O5. The van der Waals surface area contributed by atoms with Crippen molar-refractivity contribution < 1.29 is 19.0 Å². The van der Waals surface area contributed by atoms with Gasteiger partial charge in [-0.15, -0.1) is 0 Å². The average molecular weight is 243 g/mol. The Balaban J connectivity index is 3.52. The molecule has 1 aromatic rings. The Hall–Kier alpha value is -2.58. The van der Waals surface area contributed by atoms with Gasteiger partial charge in [0.15, 0.2) is 5.69 Å². The van der Waals surface area contributed by atoms with Crippen molar-refractivity contribution in [3.63, 3.8) is 0 Å². The number of carbonyl (C=O) groups is 1. The van der Waals surface area contributed by atoms with Crippen LogP contribution in [0, 0.1) is 26.0 Å². The van der Waals surface area contributed by atoms with Gasteiger partial charge in [-0.25, -0.2) is 4.39 Å². The maximum absolute atomic E-state index is 12.9. The Labute approximate surface area is 93.3 Å². The summed E-state index contributed by atoms with van der Waals surface area (Å²) in [5.41, 5.74) is -2.37. The average Bonchev–Trinajstić information content (AvgIpc) is 2.18. The highest BCUT2D eigenvalue weighted by Gasteiger charge is 2.27. The zero-order valence-electron chi connectivity index (χ0n) is 8.47. The predicted molar refractivity (Wildman–Crippen MR) is 54.0 cm³/mol. The highest BCUT2D eigenvalue weighted by molar-refractivity contribution is 5.94. The zero-order valence-corrected chi connectivity index (χ0v) is 8.47. The first-order valence-electron chi connectivity index (χ1n) is 4.23.